The molecule has 1 aliphatic heterocycles. The Kier molecular flexibility index (Phi) is 6.69. The predicted molar refractivity (Wildman–Crippen MR) is 133 cm³/mol. The van der Waals surface area contributed by atoms with Crippen LogP contribution in [0.5, 0.6) is 11.5 Å². The number of nitrogens with one attached hydrogen (secondary N) is 1. The molecule has 0 saturated carbocycles. The Labute approximate surface area is 207 Å². The highest BCUT2D eigenvalue weighted by molar-refractivity contribution is 5.83. The van der Waals surface area contributed by atoms with Crippen molar-refractivity contribution < 1.29 is 13.9 Å². The summed E-state index contributed by atoms with van der Waals surface area (Å²) in [5, 5.41) is 13.4. The first-order valence-corrected chi connectivity index (χ1v) is 12.0. The highest BCUT2D eigenvalue weighted by Crippen LogP contribution is 2.34. The molecule has 1 saturated heterocycles. The van der Waals surface area contributed by atoms with Crippen LogP contribution in [0.3, 0.4) is 0 Å². The number of methoxy groups -OCH3 is 2. The van der Waals surface area contributed by atoms with E-state index in [0.29, 0.717) is 40.9 Å². The molecule has 36 heavy (non-hydrogen) atoms. The quantitative estimate of drug-likeness (QED) is 0.421. The molecule has 2 aromatic carbocycles. The first kappa shape index (κ1) is 23.9. The van der Waals surface area contributed by atoms with Gasteiger partial charge in [0.15, 0.2) is 17.3 Å². The summed E-state index contributed by atoms with van der Waals surface area (Å²) in [7, 11) is 3.14. The zero-order valence-electron chi connectivity index (χ0n) is 20.6. The highest BCUT2D eigenvalue weighted by Gasteiger charge is 2.33. The highest BCUT2D eigenvalue weighted by atomic mass is 19.1. The molecule has 0 radical (unpaired) electrons. The van der Waals surface area contributed by atoms with E-state index < -0.39 is 6.04 Å². The summed E-state index contributed by atoms with van der Waals surface area (Å²) >= 11 is 0. The summed E-state index contributed by atoms with van der Waals surface area (Å²) in [6.45, 7) is 4.21. The molecular formula is C26H29FN6O3. The van der Waals surface area contributed by atoms with Gasteiger partial charge in [0.1, 0.15) is 11.9 Å². The van der Waals surface area contributed by atoms with Gasteiger partial charge in [-0.1, -0.05) is 19.1 Å². The van der Waals surface area contributed by atoms with E-state index in [1.54, 1.807) is 37.1 Å². The van der Waals surface area contributed by atoms with E-state index in [-0.39, 0.29) is 11.4 Å². The van der Waals surface area contributed by atoms with Gasteiger partial charge < -0.3 is 14.5 Å². The third-order valence-electron chi connectivity index (χ3n) is 6.78. The summed E-state index contributed by atoms with van der Waals surface area (Å²) < 4.78 is 26.0. The number of nitrogens with zero attached hydrogens (tertiary/aromatic N) is 5. The van der Waals surface area contributed by atoms with Crippen LogP contribution in [0.1, 0.15) is 42.8 Å². The van der Waals surface area contributed by atoms with Gasteiger partial charge in [-0.25, -0.2) is 9.07 Å². The fraction of sp³-hybridized carbons (Fsp3) is 0.385. The minimum absolute atomic E-state index is 0.214. The lowest BCUT2D eigenvalue weighted by Crippen LogP contribution is -2.41. The van der Waals surface area contributed by atoms with Crippen LogP contribution in [0.15, 0.2) is 47.3 Å². The Morgan fingerprint density at radius 1 is 1.14 bits per heavy atom. The van der Waals surface area contributed by atoms with Gasteiger partial charge in [-0.2, -0.15) is 0 Å². The fourth-order valence-electron chi connectivity index (χ4n) is 5.00. The third-order valence-corrected chi connectivity index (χ3v) is 6.78. The van der Waals surface area contributed by atoms with Crippen molar-refractivity contribution in [3.63, 3.8) is 0 Å². The number of tetrazole rings is 1. The molecule has 5 rings (SSSR count). The molecule has 4 aromatic rings. The first-order valence-electron chi connectivity index (χ1n) is 12.0. The van der Waals surface area contributed by atoms with Gasteiger partial charge in [-0.3, -0.25) is 9.69 Å². The van der Waals surface area contributed by atoms with Gasteiger partial charge in [0.05, 0.1) is 26.3 Å². The summed E-state index contributed by atoms with van der Waals surface area (Å²) in [6, 6.07) is 11.3. The molecule has 1 aliphatic rings. The molecule has 2 unspecified atom stereocenters. The van der Waals surface area contributed by atoms with Crippen molar-refractivity contribution in [3.05, 3.63) is 75.6 Å². The zero-order chi connectivity index (χ0) is 25.2. The van der Waals surface area contributed by atoms with Crippen LogP contribution < -0.4 is 15.0 Å². The van der Waals surface area contributed by atoms with Crippen molar-refractivity contribution in [2.24, 2.45) is 5.92 Å². The maximum Gasteiger partial charge on any atom is 0.253 e. The molecule has 188 valence electrons. The van der Waals surface area contributed by atoms with Gasteiger partial charge in [-0.05, 0) is 65.6 Å². The van der Waals surface area contributed by atoms with Crippen LogP contribution in [0.2, 0.25) is 0 Å². The van der Waals surface area contributed by atoms with E-state index in [1.807, 2.05) is 12.1 Å². The average Bonchev–Trinajstić information content (AvgIpc) is 3.32. The molecule has 9 nitrogen and oxygen atoms in total. The fourth-order valence-corrected chi connectivity index (χ4v) is 5.00. The van der Waals surface area contributed by atoms with Gasteiger partial charge >= 0.3 is 0 Å². The van der Waals surface area contributed by atoms with Gasteiger partial charge in [0, 0.05) is 23.6 Å². The number of aromatic amines is 1. The molecular weight excluding hydrogens is 463 g/mol. The van der Waals surface area contributed by atoms with Crippen molar-refractivity contribution in [2.75, 3.05) is 27.3 Å². The number of aromatic nitrogens is 5. The number of halogens is 1. The lowest BCUT2D eigenvalue weighted by Gasteiger charge is -2.36. The number of benzene rings is 2. The maximum absolute atomic E-state index is 13.5. The van der Waals surface area contributed by atoms with Crippen molar-refractivity contribution in [1.82, 2.24) is 30.1 Å². The number of hydrogen-bond acceptors (Lipinski definition) is 7. The molecule has 2 aromatic heterocycles. The Morgan fingerprint density at radius 2 is 1.89 bits per heavy atom. The number of fused-ring (bicyclic) bond motifs is 1. The SMILES string of the molecule is COc1cc2cc(C(c3nnnn3Cc3ccc(F)cc3)N3CCCC(C)C3)c(=O)[nH]c2cc1OC. The summed E-state index contributed by atoms with van der Waals surface area (Å²) in [5.41, 5.74) is 1.85. The standard InChI is InChI=1S/C26H29FN6O3/c1-16-5-4-10-32(14-16)24(25-29-30-31-33(25)15-17-6-8-19(27)9-7-17)20-11-18-12-22(35-2)23(36-3)13-21(18)28-26(20)34/h6-9,11-13,16,24H,4-5,10,14-15H2,1-3H3,(H,28,34). The number of pyridine rings is 1. The van der Waals surface area contributed by atoms with E-state index in [9.17, 15) is 9.18 Å². The molecule has 0 spiro atoms. The first-order chi connectivity index (χ1) is 17.5. The minimum Gasteiger partial charge on any atom is -0.493 e. The van der Waals surface area contributed by atoms with E-state index in [2.05, 4.69) is 32.3 Å². The second kappa shape index (κ2) is 10.1. The lowest BCUT2D eigenvalue weighted by molar-refractivity contribution is 0.141. The number of H-pyrrole nitrogens is 1. The molecule has 0 aliphatic carbocycles. The normalized spacial score (nSPS) is 17.3. The Balaban J connectivity index is 1.63. The van der Waals surface area contributed by atoms with E-state index in [1.165, 1.54) is 12.1 Å². The van der Waals surface area contributed by atoms with E-state index in [0.717, 1.165) is 36.9 Å². The largest absolute Gasteiger partial charge is 0.493 e. The maximum atomic E-state index is 13.5. The van der Waals surface area contributed by atoms with Crippen molar-refractivity contribution in [3.8, 4) is 11.5 Å². The molecule has 1 fully saturated rings. The number of hydrogen-bond donors (Lipinski definition) is 1. The van der Waals surface area contributed by atoms with Crippen LogP contribution in [-0.4, -0.2) is 57.4 Å². The number of ether oxygens (including phenoxy) is 2. The van der Waals surface area contributed by atoms with E-state index >= 15 is 0 Å². The van der Waals surface area contributed by atoms with Crippen LogP contribution in [0.4, 0.5) is 4.39 Å². The van der Waals surface area contributed by atoms with Crippen LogP contribution >= 0.6 is 0 Å². The minimum atomic E-state index is -0.454. The number of rotatable bonds is 7. The molecule has 1 N–H and O–H groups in total. The van der Waals surface area contributed by atoms with Crippen LogP contribution in [-0.2, 0) is 6.54 Å². The van der Waals surface area contributed by atoms with Crippen LogP contribution in [0.25, 0.3) is 10.9 Å². The monoisotopic (exact) mass is 492 g/mol. The van der Waals surface area contributed by atoms with Crippen molar-refractivity contribution in [1.29, 1.82) is 0 Å². The summed E-state index contributed by atoms with van der Waals surface area (Å²) in [6.07, 6.45) is 2.16. The molecule has 0 bridgehead atoms. The number of piperidine rings is 1. The third kappa shape index (κ3) is 4.68. The van der Waals surface area contributed by atoms with Crippen LogP contribution in [0, 0.1) is 11.7 Å². The molecule has 3 heterocycles. The average molecular weight is 493 g/mol. The second-order valence-corrected chi connectivity index (χ2v) is 9.31. The summed E-state index contributed by atoms with van der Waals surface area (Å²) in [5.74, 6) is 1.86. The number of likely N-dealkylation sites (tertiary alicyclic amines) is 1. The Morgan fingerprint density at radius 3 is 2.61 bits per heavy atom. The van der Waals surface area contributed by atoms with E-state index in [4.69, 9.17) is 9.47 Å². The second-order valence-electron chi connectivity index (χ2n) is 9.31. The predicted octanol–water partition coefficient (Wildman–Crippen LogP) is 3.54. The van der Waals surface area contributed by atoms with Crippen molar-refractivity contribution in [2.45, 2.75) is 32.4 Å². The Bertz CT molecular complexity index is 1420. The van der Waals surface area contributed by atoms with Crippen molar-refractivity contribution >= 4 is 10.9 Å². The Hall–Kier alpha value is -3.79. The molecule has 10 heteroatoms. The topological polar surface area (TPSA) is 98.2 Å². The molecule has 2 atom stereocenters. The van der Waals surface area contributed by atoms with Gasteiger partial charge in [0.25, 0.3) is 5.56 Å². The zero-order valence-corrected chi connectivity index (χ0v) is 20.6. The summed E-state index contributed by atoms with van der Waals surface area (Å²) in [4.78, 5) is 18.8. The van der Waals surface area contributed by atoms with Gasteiger partial charge in [-0.15, -0.1) is 5.10 Å². The molecule has 0 amide bonds. The van der Waals surface area contributed by atoms with Gasteiger partial charge in [0.2, 0.25) is 0 Å². The lowest BCUT2D eigenvalue weighted by atomic mass is 9.95. The smallest absolute Gasteiger partial charge is 0.253 e.